The van der Waals surface area contributed by atoms with E-state index in [4.69, 9.17) is 9.98 Å². The maximum absolute atomic E-state index is 4.76. The molecule has 2 nitrogen and oxygen atoms in total. The third-order valence-electron chi connectivity index (χ3n) is 5.43. The summed E-state index contributed by atoms with van der Waals surface area (Å²) in [4.78, 5) is 9.46. The highest BCUT2D eigenvalue weighted by atomic mass is 14.8. The number of nitrogens with zero attached hydrogens (tertiary/aromatic N) is 2. The Balaban J connectivity index is 1.87. The minimum atomic E-state index is 0.318. The van der Waals surface area contributed by atoms with E-state index in [1.165, 1.54) is 22.3 Å². The van der Waals surface area contributed by atoms with Gasteiger partial charge in [0.25, 0.3) is 0 Å². The number of hydrogen-bond donors (Lipinski definition) is 0. The third kappa shape index (κ3) is 4.56. The van der Waals surface area contributed by atoms with Crippen LogP contribution < -0.4 is 0 Å². The molecule has 3 rings (SSSR count). The number of rotatable bonds is 4. The third-order valence-corrected chi connectivity index (χ3v) is 5.43. The highest BCUT2D eigenvalue weighted by molar-refractivity contribution is 5.76. The Morgan fingerprint density at radius 3 is 2.61 bits per heavy atom. The summed E-state index contributed by atoms with van der Waals surface area (Å²) in [5.41, 5.74) is 7.07. The molecule has 0 aromatic heterocycles. The highest BCUT2D eigenvalue weighted by Crippen LogP contribution is 2.40. The molecule has 0 bridgehead atoms. The Bertz CT molecular complexity index is 905. The first-order valence-corrected chi connectivity index (χ1v) is 10.2. The van der Waals surface area contributed by atoms with Gasteiger partial charge in [-0.1, -0.05) is 61.6 Å². The van der Waals surface area contributed by atoms with Gasteiger partial charge in [-0.2, -0.15) is 0 Å². The molecule has 1 aliphatic carbocycles. The minimum absolute atomic E-state index is 0.318. The quantitative estimate of drug-likeness (QED) is 0.512. The summed E-state index contributed by atoms with van der Waals surface area (Å²) in [6, 6.07) is 10.7. The zero-order valence-corrected chi connectivity index (χ0v) is 17.4. The van der Waals surface area contributed by atoms with Crippen molar-refractivity contribution in [3.8, 4) is 0 Å². The smallest absolute Gasteiger partial charge is 0.0872 e. The molecule has 0 amide bonds. The van der Waals surface area contributed by atoms with Crippen LogP contribution in [0, 0.1) is 5.92 Å². The molecule has 1 aliphatic heterocycles. The summed E-state index contributed by atoms with van der Waals surface area (Å²) in [6.07, 6.45) is 17.2. The van der Waals surface area contributed by atoms with E-state index < -0.39 is 0 Å². The second kappa shape index (κ2) is 9.45. The largest absolute Gasteiger partial charge is 0.259 e. The molecular formula is C26H30N2. The molecule has 2 aliphatic rings. The van der Waals surface area contributed by atoms with Crippen molar-refractivity contribution in [2.24, 2.45) is 15.9 Å². The fourth-order valence-corrected chi connectivity index (χ4v) is 3.87. The lowest BCUT2D eigenvalue weighted by Gasteiger charge is -2.29. The fourth-order valence-electron chi connectivity index (χ4n) is 3.87. The molecule has 0 fully saturated rings. The van der Waals surface area contributed by atoms with Crippen LogP contribution in [0.25, 0.3) is 0 Å². The first-order valence-electron chi connectivity index (χ1n) is 10.2. The lowest BCUT2D eigenvalue weighted by atomic mass is 9.78. The van der Waals surface area contributed by atoms with Gasteiger partial charge in [-0.25, -0.2) is 0 Å². The van der Waals surface area contributed by atoms with E-state index in [-0.39, 0.29) is 0 Å². The summed E-state index contributed by atoms with van der Waals surface area (Å²) < 4.78 is 0. The predicted molar refractivity (Wildman–Crippen MR) is 122 cm³/mol. The van der Waals surface area contributed by atoms with Crippen molar-refractivity contribution in [2.75, 3.05) is 0 Å². The molecule has 0 radical (unpaired) electrons. The summed E-state index contributed by atoms with van der Waals surface area (Å²) in [5, 5.41) is 0. The van der Waals surface area contributed by atoms with Crippen LogP contribution in [0.2, 0.25) is 0 Å². The zero-order chi connectivity index (χ0) is 19.9. The van der Waals surface area contributed by atoms with Gasteiger partial charge in [-0.3, -0.25) is 9.98 Å². The first-order chi connectivity index (χ1) is 13.6. The lowest BCUT2D eigenvalue weighted by molar-refractivity contribution is 0.643. The minimum Gasteiger partial charge on any atom is -0.259 e. The van der Waals surface area contributed by atoms with Crippen LogP contribution in [0.3, 0.4) is 0 Å². The van der Waals surface area contributed by atoms with Gasteiger partial charge in [-0.05, 0) is 62.0 Å². The van der Waals surface area contributed by atoms with E-state index in [2.05, 4.69) is 87.7 Å². The van der Waals surface area contributed by atoms with E-state index in [9.17, 15) is 0 Å². The van der Waals surface area contributed by atoms with E-state index in [1.807, 2.05) is 13.1 Å². The molecule has 1 aromatic rings. The maximum Gasteiger partial charge on any atom is 0.0872 e. The molecule has 1 heterocycles. The van der Waals surface area contributed by atoms with Crippen molar-refractivity contribution >= 4 is 12.4 Å². The predicted octanol–water partition coefficient (Wildman–Crippen LogP) is 6.96. The van der Waals surface area contributed by atoms with Crippen molar-refractivity contribution in [3.05, 3.63) is 94.4 Å². The lowest BCUT2D eigenvalue weighted by Crippen LogP contribution is -2.19. The number of aliphatic imine (C=N–C) groups is 2. The van der Waals surface area contributed by atoms with E-state index in [0.717, 1.165) is 24.2 Å². The topological polar surface area (TPSA) is 24.7 Å². The van der Waals surface area contributed by atoms with Crippen LogP contribution in [0.15, 0.2) is 98.8 Å². The molecule has 2 atom stereocenters. The van der Waals surface area contributed by atoms with E-state index in [0.29, 0.717) is 11.8 Å². The second-order valence-corrected chi connectivity index (χ2v) is 7.47. The first kappa shape index (κ1) is 20.0. The fraction of sp³-hybridized carbons (Fsp3) is 0.308. The molecule has 1 aromatic carbocycles. The van der Waals surface area contributed by atoms with Crippen molar-refractivity contribution in [3.63, 3.8) is 0 Å². The maximum atomic E-state index is 4.76. The monoisotopic (exact) mass is 370 g/mol. The molecule has 144 valence electrons. The standard InChI is InChI=1S/C26H30N2/c1-5-24-25(23-14-10-7-11-15-23)20(3)18-28-26(24)21(4)27-17-16-19(2)22-12-8-6-9-13-22/h5,7-8,10-18,20,25H,6,9H2,1-4H3/b19-16+,24-5?,26-21-,27-17-. The average molecular weight is 371 g/mol. The summed E-state index contributed by atoms with van der Waals surface area (Å²) in [5.74, 6) is 0.681. The van der Waals surface area contributed by atoms with Crippen LogP contribution in [0.4, 0.5) is 0 Å². The zero-order valence-electron chi connectivity index (χ0n) is 17.4. The second-order valence-electron chi connectivity index (χ2n) is 7.47. The van der Waals surface area contributed by atoms with Gasteiger partial charge >= 0.3 is 0 Å². The molecular weight excluding hydrogens is 340 g/mol. The molecule has 28 heavy (non-hydrogen) atoms. The molecule has 2 unspecified atom stereocenters. The van der Waals surface area contributed by atoms with Crippen LogP contribution in [-0.4, -0.2) is 12.4 Å². The van der Waals surface area contributed by atoms with E-state index >= 15 is 0 Å². The molecule has 0 saturated carbocycles. The van der Waals surface area contributed by atoms with Gasteiger partial charge in [-0.15, -0.1) is 0 Å². The SMILES string of the molecule is CC=C1/C(=C(C)/N=C\C=C(/C)C2=CCCC=C2)N=CC(C)C1c1ccccc1. The number of hydrogen-bond acceptors (Lipinski definition) is 2. The molecule has 2 heteroatoms. The normalized spacial score (nSPS) is 26.1. The van der Waals surface area contributed by atoms with Gasteiger partial charge in [0.05, 0.1) is 11.4 Å². The van der Waals surface area contributed by atoms with Gasteiger partial charge < -0.3 is 0 Å². The van der Waals surface area contributed by atoms with E-state index in [1.54, 1.807) is 0 Å². The van der Waals surface area contributed by atoms with Crippen LogP contribution in [0.5, 0.6) is 0 Å². The molecule has 0 spiro atoms. The van der Waals surface area contributed by atoms with Crippen molar-refractivity contribution < 1.29 is 0 Å². The summed E-state index contributed by atoms with van der Waals surface area (Å²) >= 11 is 0. The Hall–Kier alpha value is -2.74. The Kier molecular flexibility index (Phi) is 6.76. The van der Waals surface area contributed by atoms with Crippen molar-refractivity contribution in [1.82, 2.24) is 0 Å². The number of benzene rings is 1. The number of allylic oxidation sites excluding steroid dienone is 9. The summed E-state index contributed by atoms with van der Waals surface area (Å²) in [6.45, 7) is 8.52. The Morgan fingerprint density at radius 2 is 1.93 bits per heavy atom. The highest BCUT2D eigenvalue weighted by Gasteiger charge is 2.28. The molecule has 0 N–H and O–H groups in total. The molecule has 0 saturated heterocycles. The van der Waals surface area contributed by atoms with Gasteiger partial charge in [0.15, 0.2) is 0 Å². The van der Waals surface area contributed by atoms with Gasteiger partial charge in [0.1, 0.15) is 0 Å². The van der Waals surface area contributed by atoms with Crippen LogP contribution in [0.1, 0.15) is 52.0 Å². The van der Waals surface area contributed by atoms with Crippen LogP contribution >= 0.6 is 0 Å². The average Bonchev–Trinajstić information content (AvgIpc) is 2.74. The van der Waals surface area contributed by atoms with Crippen LogP contribution in [-0.2, 0) is 0 Å². The van der Waals surface area contributed by atoms with Crippen molar-refractivity contribution in [2.45, 2.75) is 46.5 Å². The Morgan fingerprint density at radius 1 is 1.14 bits per heavy atom. The summed E-state index contributed by atoms with van der Waals surface area (Å²) in [7, 11) is 0. The van der Waals surface area contributed by atoms with Crippen molar-refractivity contribution in [1.29, 1.82) is 0 Å². The van der Waals surface area contributed by atoms with Gasteiger partial charge in [0.2, 0.25) is 0 Å². The van der Waals surface area contributed by atoms with Gasteiger partial charge in [0, 0.05) is 24.3 Å². The Labute approximate surface area is 169 Å².